The van der Waals surface area contributed by atoms with E-state index in [1.807, 2.05) is 6.20 Å². The fourth-order valence-electron chi connectivity index (χ4n) is 3.32. The van der Waals surface area contributed by atoms with E-state index < -0.39 is 11.6 Å². The first kappa shape index (κ1) is 16.1. The SMILES string of the molecule is CCc1nccn1CC1CCN(Cc2ccc(F)c(F)c2)CC1. The van der Waals surface area contributed by atoms with Gasteiger partial charge < -0.3 is 4.57 Å². The molecule has 1 aliphatic heterocycles. The fourth-order valence-corrected chi connectivity index (χ4v) is 3.32. The molecular weight excluding hydrogens is 296 g/mol. The highest BCUT2D eigenvalue weighted by Gasteiger charge is 2.20. The maximum absolute atomic E-state index is 13.3. The average molecular weight is 319 g/mol. The molecular formula is C18H23F2N3. The molecule has 0 atom stereocenters. The number of piperidine rings is 1. The van der Waals surface area contributed by atoms with E-state index in [4.69, 9.17) is 0 Å². The summed E-state index contributed by atoms with van der Waals surface area (Å²) in [6, 6.07) is 4.19. The Morgan fingerprint density at radius 3 is 2.65 bits per heavy atom. The molecule has 1 fully saturated rings. The Bertz CT molecular complexity index is 645. The van der Waals surface area contributed by atoms with E-state index in [0.717, 1.165) is 50.3 Å². The first-order valence-corrected chi connectivity index (χ1v) is 8.32. The number of nitrogens with zero attached hydrogens (tertiary/aromatic N) is 3. The summed E-state index contributed by atoms with van der Waals surface area (Å²) >= 11 is 0. The lowest BCUT2D eigenvalue weighted by Gasteiger charge is -2.32. The molecule has 0 unspecified atom stereocenters. The number of halogens is 2. The standard InChI is InChI=1S/C18H23F2N3/c1-2-18-21-7-10-23(18)13-14-5-8-22(9-6-14)12-15-3-4-16(19)17(20)11-15/h3-4,7,10-11,14H,2,5-6,8-9,12-13H2,1H3. The number of hydrogen-bond donors (Lipinski definition) is 0. The topological polar surface area (TPSA) is 21.1 Å². The summed E-state index contributed by atoms with van der Waals surface area (Å²) in [5.74, 6) is 0.272. The molecule has 2 aromatic rings. The van der Waals surface area contributed by atoms with Crippen LogP contribution in [-0.4, -0.2) is 27.5 Å². The van der Waals surface area contributed by atoms with Crippen LogP contribution in [0.4, 0.5) is 8.78 Å². The zero-order chi connectivity index (χ0) is 16.2. The highest BCUT2D eigenvalue weighted by Crippen LogP contribution is 2.22. The second kappa shape index (κ2) is 7.21. The van der Waals surface area contributed by atoms with E-state index >= 15 is 0 Å². The highest BCUT2D eigenvalue weighted by molar-refractivity contribution is 5.17. The third-order valence-corrected chi connectivity index (χ3v) is 4.67. The monoisotopic (exact) mass is 319 g/mol. The lowest BCUT2D eigenvalue weighted by atomic mass is 9.96. The Morgan fingerprint density at radius 1 is 1.17 bits per heavy atom. The molecule has 5 heteroatoms. The van der Waals surface area contributed by atoms with Crippen LogP contribution in [0.25, 0.3) is 0 Å². The van der Waals surface area contributed by atoms with Crippen LogP contribution in [0.1, 0.15) is 31.2 Å². The van der Waals surface area contributed by atoms with Gasteiger partial charge in [0.25, 0.3) is 0 Å². The predicted octanol–water partition coefficient (Wildman–Crippen LogP) is 3.64. The van der Waals surface area contributed by atoms with Crippen LogP contribution in [0.3, 0.4) is 0 Å². The number of likely N-dealkylation sites (tertiary alicyclic amines) is 1. The second-order valence-corrected chi connectivity index (χ2v) is 6.32. The lowest BCUT2D eigenvalue weighted by molar-refractivity contribution is 0.166. The molecule has 1 aliphatic rings. The van der Waals surface area contributed by atoms with Crippen molar-refractivity contribution in [1.82, 2.24) is 14.5 Å². The van der Waals surface area contributed by atoms with Gasteiger partial charge in [0.15, 0.2) is 11.6 Å². The minimum Gasteiger partial charge on any atom is -0.335 e. The molecule has 0 N–H and O–H groups in total. The van der Waals surface area contributed by atoms with Gasteiger partial charge in [-0.1, -0.05) is 13.0 Å². The van der Waals surface area contributed by atoms with E-state index in [-0.39, 0.29) is 0 Å². The zero-order valence-electron chi connectivity index (χ0n) is 13.5. The summed E-state index contributed by atoms with van der Waals surface area (Å²) < 4.78 is 28.5. The molecule has 3 nitrogen and oxygen atoms in total. The summed E-state index contributed by atoms with van der Waals surface area (Å²) in [4.78, 5) is 6.69. The summed E-state index contributed by atoms with van der Waals surface area (Å²) in [6.07, 6.45) is 7.15. The van der Waals surface area contributed by atoms with Crippen LogP contribution in [0.5, 0.6) is 0 Å². The molecule has 0 radical (unpaired) electrons. The average Bonchev–Trinajstić information content (AvgIpc) is 3.00. The first-order valence-electron chi connectivity index (χ1n) is 8.32. The van der Waals surface area contributed by atoms with Crippen molar-refractivity contribution in [2.45, 2.75) is 39.3 Å². The Labute approximate surface area is 135 Å². The van der Waals surface area contributed by atoms with Crippen molar-refractivity contribution in [3.63, 3.8) is 0 Å². The maximum Gasteiger partial charge on any atom is 0.159 e. The number of hydrogen-bond acceptors (Lipinski definition) is 2. The molecule has 1 aromatic carbocycles. The van der Waals surface area contributed by atoms with Crippen molar-refractivity contribution in [2.75, 3.05) is 13.1 Å². The molecule has 0 bridgehead atoms. The summed E-state index contributed by atoms with van der Waals surface area (Å²) in [7, 11) is 0. The van der Waals surface area contributed by atoms with Crippen LogP contribution >= 0.6 is 0 Å². The normalized spacial score (nSPS) is 16.8. The molecule has 1 aromatic heterocycles. The van der Waals surface area contributed by atoms with Gasteiger partial charge in [0.1, 0.15) is 5.82 Å². The fraction of sp³-hybridized carbons (Fsp3) is 0.500. The van der Waals surface area contributed by atoms with Crippen LogP contribution < -0.4 is 0 Å². The molecule has 0 aliphatic carbocycles. The number of aryl methyl sites for hydroxylation is 1. The van der Waals surface area contributed by atoms with E-state index in [0.29, 0.717) is 12.5 Å². The molecule has 0 spiro atoms. The van der Waals surface area contributed by atoms with Crippen molar-refractivity contribution >= 4 is 0 Å². The zero-order valence-corrected chi connectivity index (χ0v) is 13.5. The molecule has 0 amide bonds. The smallest absolute Gasteiger partial charge is 0.159 e. The quantitative estimate of drug-likeness (QED) is 0.839. The van der Waals surface area contributed by atoms with Crippen molar-refractivity contribution in [1.29, 1.82) is 0 Å². The van der Waals surface area contributed by atoms with Crippen LogP contribution in [0.15, 0.2) is 30.6 Å². The van der Waals surface area contributed by atoms with Gasteiger partial charge >= 0.3 is 0 Å². The number of aromatic nitrogens is 2. The van der Waals surface area contributed by atoms with E-state index in [2.05, 4.69) is 27.6 Å². The molecule has 23 heavy (non-hydrogen) atoms. The number of imidazole rings is 1. The Balaban J connectivity index is 1.51. The third-order valence-electron chi connectivity index (χ3n) is 4.67. The lowest BCUT2D eigenvalue weighted by Crippen LogP contribution is -2.34. The van der Waals surface area contributed by atoms with Crippen LogP contribution in [0, 0.1) is 17.6 Å². The van der Waals surface area contributed by atoms with Crippen molar-refractivity contribution in [2.24, 2.45) is 5.92 Å². The summed E-state index contributed by atoms with van der Waals surface area (Å²) in [5, 5.41) is 0. The van der Waals surface area contributed by atoms with Crippen LogP contribution in [0.2, 0.25) is 0 Å². The second-order valence-electron chi connectivity index (χ2n) is 6.32. The molecule has 3 rings (SSSR count). The molecule has 124 valence electrons. The van der Waals surface area contributed by atoms with Gasteiger partial charge in [-0.2, -0.15) is 0 Å². The van der Waals surface area contributed by atoms with Gasteiger partial charge in [0.05, 0.1) is 0 Å². The minimum absolute atomic E-state index is 0.663. The number of rotatable bonds is 5. The predicted molar refractivity (Wildman–Crippen MR) is 86.0 cm³/mol. The van der Waals surface area contributed by atoms with E-state index in [1.165, 1.54) is 12.1 Å². The minimum atomic E-state index is -0.778. The van der Waals surface area contributed by atoms with Gasteiger partial charge in [-0.25, -0.2) is 13.8 Å². The molecule has 0 saturated carbocycles. The van der Waals surface area contributed by atoms with Crippen LogP contribution in [-0.2, 0) is 19.5 Å². The largest absolute Gasteiger partial charge is 0.335 e. The highest BCUT2D eigenvalue weighted by atomic mass is 19.2. The summed E-state index contributed by atoms with van der Waals surface area (Å²) in [6.45, 7) is 5.85. The first-order chi connectivity index (χ1) is 11.2. The van der Waals surface area contributed by atoms with Gasteiger partial charge in [-0.15, -0.1) is 0 Å². The van der Waals surface area contributed by atoms with Crippen molar-refractivity contribution in [3.05, 3.63) is 53.6 Å². The Hall–Kier alpha value is -1.75. The van der Waals surface area contributed by atoms with Gasteiger partial charge in [0.2, 0.25) is 0 Å². The van der Waals surface area contributed by atoms with Gasteiger partial charge in [-0.3, -0.25) is 4.90 Å². The number of benzene rings is 1. The van der Waals surface area contributed by atoms with E-state index in [1.54, 1.807) is 6.07 Å². The van der Waals surface area contributed by atoms with Crippen molar-refractivity contribution in [3.8, 4) is 0 Å². The summed E-state index contributed by atoms with van der Waals surface area (Å²) in [5.41, 5.74) is 0.838. The third kappa shape index (κ3) is 3.96. The Morgan fingerprint density at radius 2 is 1.96 bits per heavy atom. The maximum atomic E-state index is 13.3. The van der Waals surface area contributed by atoms with E-state index in [9.17, 15) is 8.78 Å². The van der Waals surface area contributed by atoms with Gasteiger partial charge in [0, 0.05) is 31.9 Å². The van der Waals surface area contributed by atoms with Crippen molar-refractivity contribution < 1.29 is 8.78 Å². The van der Waals surface area contributed by atoms with Gasteiger partial charge in [-0.05, 0) is 49.5 Å². The Kier molecular flexibility index (Phi) is 5.06. The molecule has 2 heterocycles. The molecule has 1 saturated heterocycles.